The van der Waals surface area contributed by atoms with Gasteiger partial charge in [0.2, 0.25) is 10.0 Å². The van der Waals surface area contributed by atoms with Crippen molar-refractivity contribution in [3.05, 3.63) is 29.8 Å². The van der Waals surface area contributed by atoms with Crippen LogP contribution in [0.25, 0.3) is 0 Å². The summed E-state index contributed by atoms with van der Waals surface area (Å²) < 4.78 is 25.8. The van der Waals surface area contributed by atoms with Crippen LogP contribution in [-0.2, 0) is 10.0 Å². The van der Waals surface area contributed by atoms with Crippen LogP contribution in [0.4, 0.5) is 0 Å². The first-order chi connectivity index (χ1) is 7.50. The smallest absolute Gasteiger partial charge is 0.243 e. The minimum atomic E-state index is -3.34. The standard InChI is InChI=1S/C11H16N2O2S/c1-9-2-4-11(5-3-9)16(14,15)13-7-6-10(12)8-13/h2-5,10H,6-8,12H2,1H3/t10-/m1/s1. The average molecular weight is 240 g/mol. The highest BCUT2D eigenvalue weighted by Gasteiger charge is 2.30. The molecule has 0 radical (unpaired) electrons. The fraction of sp³-hybridized carbons (Fsp3) is 0.455. The van der Waals surface area contributed by atoms with Gasteiger partial charge < -0.3 is 5.73 Å². The van der Waals surface area contributed by atoms with Crippen LogP contribution in [0.3, 0.4) is 0 Å². The third kappa shape index (κ3) is 2.11. The highest BCUT2D eigenvalue weighted by atomic mass is 32.2. The van der Waals surface area contributed by atoms with Gasteiger partial charge in [-0.2, -0.15) is 4.31 Å². The molecule has 1 aromatic rings. The minimum Gasteiger partial charge on any atom is -0.326 e. The molecule has 0 unspecified atom stereocenters. The SMILES string of the molecule is Cc1ccc(S(=O)(=O)N2CC[C@@H](N)C2)cc1. The van der Waals surface area contributed by atoms with Crippen molar-refractivity contribution < 1.29 is 8.42 Å². The lowest BCUT2D eigenvalue weighted by molar-refractivity contribution is 0.472. The van der Waals surface area contributed by atoms with Gasteiger partial charge in [0.15, 0.2) is 0 Å². The molecule has 1 fully saturated rings. The zero-order chi connectivity index (χ0) is 11.8. The summed E-state index contributed by atoms with van der Waals surface area (Å²) in [4.78, 5) is 0.354. The first-order valence-electron chi connectivity index (χ1n) is 5.32. The third-order valence-electron chi connectivity index (χ3n) is 2.85. The second-order valence-electron chi connectivity index (χ2n) is 4.22. The topological polar surface area (TPSA) is 63.4 Å². The van der Waals surface area contributed by atoms with Crippen LogP contribution < -0.4 is 5.73 Å². The number of hydrogen-bond acceptors (Lipinski definition) is 3. The fourth-order valence-electron chi connectivity index (χ4n) is 1.83. The molecule has 1 aliphatic rings. The molecular weight excluding hydrogens is 224 g/mol. The molecule has 2 N–H and O–H groups in total. The van der Waals surface area contributed by atoms with E-state index >= 15 is 0 Å². The number of aryl methyl sites for hydroxylation is 1. The number of benzene rings is 1. The molecule has 16 heavy (non-hydrogen) atoms. The molecule has 0 saturated carbocycles. The summed E-state index contributed by atoms with van der Waals surface area (Å²) in [6.07, 6.45) is 0.741. The Morgan fingerprint density at radius 3 is 2.44 bits per heavy atom. The van der Waals surface area contributed by atoms with Crippen molar-refractivity contribution in [1.29, 1.82) is 0 Å². The van der Waals surface area contributed by atoms with Gasteiger partial charge in [-0.15, -0.1) is 0 Å². The zero-order valence-electron chi connectivity index (χ0n) is 9.26. The van der Waals surface area contributed by atoms with E-state index in [-0.39, 0.29) is 6.04 Å². The minimum absolute atomic E-state index is 0.0276. The van der Waals surface area contributed by atoms with Crippen LogP contribution in [0.15, 0.2) is 29.2 Å². The van der Waals surface area contributed by atoms with Gasteiger partial charge in [0.1, 0.15) is 0 Å². The summed E-state index contributed by atoms with van der Waals surface area (Å²) >= 11 is 0. The Kier molecular flexibility index (Phi) is 3.01. The Morgan fingerprint density at radius 1 is 1.31 bits per heavy atom. The molecule has 5 heteroatoms. The van der Waals surface area contributed by atoms with E-state index in [4.69, 9.17) is 5.73 Å². The molecular formula is C11H16N2O2S. The lowest BCUT2D eigenvalue weighted by Gasteiger charge is -2.15. The van der Waals surface area contributed by atoms with Crippen molar-refractivity contribution in [1.82, 2.24) is 4.31 Å². The van der Waals surface area contributed by atoms with Crippen molar-refractivity contribution in [2.24, 2.45) is 5.73 Å². The summed E-state index contributed by atoms with van der Waals surface area (Å²) in [5.41, 5.74) is 6.77. The second kappa shape index (κ2) is 4.16. The van der Waals surface area contributed by atoms with E-state index in [1.807, 2.05) is 19.1 Å². The Balaban J connectivity index is 2.29. The van der Waals surface area contributed by atoms with E-state index < -0.39 is 10.0 Å². The molecule has 4 nitrogen and oxygen atoms in total. The summed E-state index contributed by atoms with van der Waals surface area (Å²) in [7, 11) is -3.34. The van der Waals surface area contributed by atoms with Gasteiger partial charge in [0.25, 0.3) is 0 Å². The van der Waals surface area contributed by atoms with Gasteiger partial charge in [-0.1, -0.05) is 17.7 Å². The molecule has 88 valence electrons. The van der Waals surface area contributed by atoms with Crippen LogP contribution in [-0.4, -0.2) is 31.9 Å². The predicted molar refractivity (Wildman–Crippen MR) is 62.5 cm³/mol. The summed E-state index contributed by atoms with van der Waals surface area (Å²) in [5, 5.41) is 0. The highest BCUT2D eigenvalue weighted by molar-refractivity contribution is 7.89. The van der Waals surface area contributed by atoms with Crippen molar-refractivity contribution in [2.45, 2.75) is 24.3 Å². The third-order valence-corrected chi connectivity index (χ3v) is 4.73. The van der Waals surface area contributed by atoms with Crippen LogP contribution in [0.1, 0.15) is 12.0 Å². The van der Waals surface area contributed by atoms with Crippen LogP contribution in [0.2, 0.25) is 0 Å². The molecule has 2 rings (SSSR count). The number of sulfonamides is 1. The van der Waals surface area contributed by atoms with Crippen molar-refractivity contribution in [3.63, 3.8) is 0 Å². The van der Waals surface area contributed by atoms with Crippen molar-refractivity contribution >= 4 is 10.0 Å². The number of nitrogens with two attached hydrogens (primary N) is 1. The van der Waals surface area contributed by atoms with Gasteiger partial charge in [-0.05, 0) is 25.5 Å². The van der Waals surface area contributed by atoms with Crippen LogP contribution in [0.5, 0.6) is 0 Å². The summed E-state index contributed by atoms with van der Waals surface area (Å²) in [6, 6.07) is 6.88. The van der Waals surface area contributed by atoms with Crippen molar-refractivity contribution in [3.8, 4) is 0 Å². The maximum absolute atomic E-state index is 12.2. The largest absolute Gasteiger partial charge is 0.326 e. The fourth-order valence-corrected chi connectivity index (χ4v) is 3.34. The molecule has 0 amide bonds. The molecule has 1 atom stereocenters. The van der Waals surface area contributed by atoms with E-state index in [0.717, 1.165) is 12.0 Å². The molecule has 1 saturated heterocycles. The number of hydrogen-bond donors (Lipinski definition) is 1. The van der Waals surface area contributed by atoms with E-state index in [0.29, 0.717) is 18.0 Å². The molecule has 1 aliphatic heterocycles. The zero-order valence-corrected chi connectivity index (χ0v) is 10.1. The lowest BCUT2D eigenvalue weighted by Crippen LogP contribution is -2.31. The van der Waals surface area contributed by atoms with E-state index in [9.17, 15) is 8.42 Å². The number of nitrogens with zero attached hydrogens (tertiary/aromatic N) is 1. The Morgan fingerprint density at radius 2 is 1.94 bits per heavy atom. The van der Waals surface area contributed by atoms with Crippen LogP contribution in [0, 0.1) is 6.92 Å². The maximum atomic E-state index is 12.2. The molecule has 1 heterocycles. The maximum Gasteiger partial charge on any atom is 0.243 e. The lowest BCUT2D eigenvalue weighted by atomic mass is 10.2. The van der Waals surface area contributed by atoms with Crippen LogP contribution >= 0.6 is 0 Å². The summed E-state index contributed by atoms with van der Waals surface area (Å²) in [6.45, 7) is 2.88. The summed E-state index contributed by atoms with van der Waals surface area (Å²) in [5.74, 6) is 0. The first kappa shape index (κ1) is 11.6. The molecule has 1 aromatic carbocycles. The average Bonchev–Trinajstić information content (AvgIpc) is 2.66. The quantitative estimate of drug-likeness (QED) is 0.828. The number of rotatable bonds is 2. The molecule has 0 aliphatic carbocycles. The Labute approximate surface area is 96.1 Å². The van der Waals surface area contributed by atoms with Gasteiger partial charge in [0, 0.05) is 19.1 Å². The van der Waals surface area contributed by atoms with E-state index in [2.05, 4.69) is 0 Å². The Bertz CT molecular complexity index is 467. The van der Waals surface area contributed by atoms with Crippen molar-refractivity contribution in [2.75, 3.05) is 13.1 Å². The molecule has 0 spiro atoms. The molecule has 0 aromatic heterocycles. The van der Waals surface area contributed by atoms with E-state index in [1.54, 1.807) is 12.1 Å². The van der Waals surface area contributed by atoms with E-state index in [1.165, 1.54) is 4.31 Å². The normalized spacial score (nSPS) is 22.5. The van der Waals surface area contributed by atoms with Gasteiger partial charge in [-0.3, -0.25) is 0 Å². The first-order valence-corrected chi connectivity index (χ1v) is 6.76. The monoisotopic (exact) mass is 240 g/mol. The van der Waals surface area contributed by atoms with Gasteiger partial charge >= 0.3 is 0 Å². The second-order valence-corrected chi connectivity index (χ2v) is 6.16. The molecule has 0 bridgehead atoms. The Hall–Kier alpha value is -0.910. The van der Waals surface area contributed by atoms with Gasteiger partial charge in [-0.25, -0.2) is 8.42 Å². The highest BCUT2D eigenvalue weighted by Crippen LogP contribution is 2.20. The predicted octanol–water partition coefficient (Wildman–Crippen LogP) is 0.717. The van der Waals surface area contributed by atoms with Gasteiger partial charge in [0.05, 0.1) is 4.90 Å².